The molecule has 1 aromatic rings. The molecule has 0 saturated heterocycles. The topological polar surface area (TPSA) is 83.9 Å². The van der Waals surface area contributed by atoms with E-state index in [1.165, 1.54) is 0 Å². The Kier molecular flexibility index (Phi) is 9.30. The Balaban J connectivity index is 1.79. The van der Waals surface area contributed by atoms with Crippen LogP contribution >= 0.6 is 11.8 Å². The van der Waals surface area contributed by atoms with Crippen molar-refractivity contribution < 1.29 is 26.8 Å². The molecule has 7 nitrogen and oxygen atoms in total. The molecule has 0 radical (unpaired) electrons. The van der Waals surface area contributed by atoms with Crippen LogP contribution in [0, 0.1) is 0 Å². The summed E-state index contributed by atoms with van der Waals surface area (Å²) >= 11 is 1.70. The van der Waals surface area contributed by atoms with Crippen molar-refractivity contribution in [3.05, 3.63) is 23.5 Å². The fourth-order valence-corrected chi connectivity index (χ4v) is 4.30. The molecule has 1 unspecified atom stereocenters. The van der Waals surface area contributed by atoms with Crippen molar-refractivity contribution in [1.29, 1.82) is 0 Å². The van der Waals surface area contributed by atoms with E-state index in [9.17, 15) is 8.42 Å². The van der Waals surface area contributed by atoms with Crippen LogP contribution in [0.1, 0.15) is 30.2 Å². The maximum Gasteiger partial charge on any atom is 0.265 e. The molecule has 1 aliphatic rings. The molecule has 1 aliphatic carbocycles. The van der Waals surface area contributed by atoms with E-state index in [-0.39, 0.29) is 0 Å². The highest BCUT2D eigenvalue weighted by atomic mass is 32.2. The van der Waals surface area contributed by atoms with Crippen LogP contribution in [-0.4, -0.2) is 65.6 Å². The first-order valence-electron chi connectivity index (χ1n) is 8.64. The van der Waals surface area contributed by atoms with Crippen molar-refractivity contribution >= 4 is 21.9 Å². The fraction of sp³-hybridized carbons (Fsp3) is 0.706. The maximum atomic E-state index is 11.5. The molecule has 0 spiro atoms. The number of nitrogens with zero attached hydrogens (tertiary/aromatic N) is 1. The second-order valence-electron chi connectivity index (χ2n) is 5.92. The van der Waals surface area contributed by atoms with E-state index in [0.29, 0.717) is 39.5 Å². The van der Waals surface area contributed by atoms with E-state index < -0.39 is 16.2 Å². The molecule has 9 heteroatoms. The Hall–Kier alpha value is -0.710. The van der Waals surface area contributed by atoms with Gasteiger partial charge in [0.1, 0.15) is 6.10 Å². The minimum atomic E-state index is -3.50. The van der Waals surface area contributed by atoms with Crippen molar-refractivity contribution in [2.45, 2.75) is 30.3 Å². The number of fused-ring (bicyclic) bond motifs is 1. The second kappa shape index (κ2) is 11.2. The summed E-state index contributed by atoms with van der Waals surface area (Å²) in [5.74, 6) is 0.812. The highest BCUT2D eigenvalue weighted by molar-refractivity contribution is 7.99. The normalized spacial score (nSPS) is 17.2. The lowest BCUT2D eigenvalue weighted by Crippen LogP contribution is -2.18. The third-order valence-electron chi connectivity index (χ3n) is 3.82. The standard InChI is InChI=1S/C17H27NO6S2/c1-21-8-9-22-10-11-23-12-13-25-16-6-7-18-17-14(16)4-3-5-15(17)24-26(2,19)20/h6-7,15H,3-5,8-13H2,1-2H3. The number of methoxy groups -OCH3 is 1. The molecule has 0 saturated carbocycles. The van der Waals surface area contributed by atoms with Crippen LogP contribution in [0.15, 0.2) is 17.2 Å². The molecule has 0 fully saturated rings. The third kappa shape index (κ3) is 7.50. The predicted octanol–water partition coefficient (Wildman–Crippen LogP) is 2.21. The Morgan fingerprint density at radius 1 is 1.19 bits per heavy atom. The number of ether oxygens (including phenoxy) is 3. The number of rotatable bonds is 12. The Morgan fingerprint density at radius 3 is 2.65 bits per heavy atom. The summed E-state index contributed by atoms with van der Waals surface area (Å²) in [6, 6.07) is 1.97. The van der Waals surface area contributed by atoms with Gasteiger partial charge in [-0.2, -0.15) is 8.42 Å². The summed E-state index contributed by atoms with van der Waals surface area (Å²) in [7, 11) is -1.86. The molecule has 0 aromatic carbocycles. The van der Waals surface area contributed by atoms with Gasteiger partial charge in [-0.1, -0.05) is 0 Å². The van der Waals surface area contributed by atoms with Crippen molar-refractivity contribution in [1.82, 2.24) is 4.98 Å². The first-order chi connectivity index (χ1) is 12.5. The fourth-order valence-electron chi connectivity index (χ4n) is 2.73. The summed E-state index contributed by atoms with van der Waals surface area (Å²) < 4.78 is 43.9. The predicted molar refractivity (Wildman–Crippen MR) is 100 cm³/mol. The van der Waals surface area contributed by atoms with Crippen molar-refractivity contribution in [3.63, 3.8) is 0 Å². The molecule has 0 N–H and O–H groups in total. The van der Waals surface area contributed by atoms with E-state index in [0.717, 1.165) is 41.0 Å². The van der Waals surface area contributed by atoms with E-state index in [1.54, 1.807) is 25.1 Å². The molecular weight excluding hydrogens is 378 g/mol. The number of hydrogen-bond acceptors (Lipinski definition) is 8. The van der Waals surface area contributed by atoms with Crippen LogP contribution in [0.3, 0.4) is 0 Å². The van der Waals surface area contributed by atoms with Gasteiger partial charge in [-0.25, -0.2) is 0 Å². The van der Waals surface area contributed by atoms with Gasteiger partial charge in [0.05, 0.1) is 45.0 Å². The van der Waals surface area contributed by atoms with Crippen LogP contribution in [0.25, 0.3) is 0 Å². The molecule has 0 aliphatic heterocycles. The van der Waals surface area contributed by atoms with E-state index in [2.05, 4.69) is 4.98 Å². The van der Waals surface area contributed by atoms with Gasteiger partial charge in [-0.15, -0.1) is 11.8 Å². The molecule has 1 heterocycles. The zero-order valence-corrected chi connectivity index (χ0v) is 16.9. The lowest BCUT2D eigenvalue weighted by molar-refractivity contribution is 0.0286. The molecule has 0 bridgehead atoms. The number of aromatic nitrogens is 1. The number of hydrogen-bond donors (Lipinski definition) is 0. The summed E-state index contributed by atoms with van der Waals surface area (Å²) in [6.07, 6.45) is 4.78. The monoisotopic (exact) mass is 405 g/mol. The van der Waals surface area contributed by atoms with Crippen molar-refractivity contribution in [3.8, 4) is 0 Å². The largest absolute Gasteiger partial charge is 0.382 e. The number of pyridine rings is 1. The van der Waals surface area contributed by atoms with Crippen LogP contribution < -0.4 is 0 Å². The van der Waals surface area contributed by atoms with Crippen molar-refractivity contribution in [2.75, 3.05) is 52.2 Å². The summed E-state index contributed by atoms with van der Waals surface area (Å²) in [4.78, 5) is 5.50. The van der Waals surface area contributed by atoms with Gasteiger partial charge in [-0.3, -0.25) is 9.17 Å². The second-order valence-corrected chi connectivity index (χ2v) is 8.66. The average Bonchev–Trinajstić information content (AvgIpc) is 2.59. The van der Waals surface area contributed by atoms with E-state index in [1.807, 2.05) is 6.07 Å². The molecule has 26 heavy (non-hydrogen) atoms. The zero-order valence-electron chi connectivity index (χ0n) is 15.3. The minimum absolute atomic E-state index is 0.477. The van der Waals surface area contributed by atoms with Gasteiger partial charge >= 0.3 is 0 Å². The van der Waals surface area contributed by atoms with Crippen LogP contribution in [0.2, 0.25) is 0 Å². The Bertz CT molecular complexity index is 653. The first-order valence-corrected chi connectivity index (χ1v) is 11.4. The highest BCUT2D eigenvalue weighted by Crippen LogP contribution is 2.36. The quantitative estimate of drug-likeness (QED) is 0.297. The van der Waals surface area contributed by atoms with E-state index >= 15 is 0 Å². The minimum Gasteiger partial charge on any atom is -0.382 e. The lowest BCUT2D eigenvalue weighted by Gasteiger charge is -2.25. The summed E-state index contributed by atoms with van der Waals surface area (Å²) in [5, 5.41) is 0. The van der Waals surface area contributed by atoms with Crippen molar-refractivity contribution in [2.24, 2.45) is 0 Å². The smallest absolute Gasteiger partial charge is 0.265 e. The Labute approximate surface area is 159 Å². The van der Waals surface area contributed by atoms with Gasteiger partial charge in [0, 0.05) is 24.0 Å². The summed E-state index contributed by atoms with van der Waals surface area (Å²) in [5.41, 5.74) is 1.85. The average molecular weight is 406 g/mol. The molecule has 0 amide bonds. The SMILES string of the molecule is COCCOCCOCCSc1ccnc2c1CCCC2OS(C)(=O)=O. The number of thioether (sulfide) groups is 1. The van der Waals surface area contributed by atoms with E-state index in [4.69, 9.17) is 18.4 Å². The molecular formula is C17H27NO6S2. The van der Waals surface area contributed by atoms with Crippen LogP contribution in [-0.2, 0) is 34.9 Å². The van der Waals surface area contributed by atoms with Gasteiger partial charge in [0.25, 0.3) is 10.1 Å². The van der Waals surface area contributed by atoms with Gasteiger partial charge < -0.3 is 14.2 Å². The van der Waals surface area contributed by atoms with Gasteiger partial charge in [0.15, 0.2) is 0 Å². The zero-order chi connectivity index (χ0) is 18.8. The molecule has 148 valence electrons. The molecule has 1 atom stereocenters. The summed E-state index contributed by atoms with van der Waals surface area (Å²) in [6.45, 7) is 2.91. The van der Waals surface area contributed by atoms with Gasteiger partial charge in [0.2, 0.25) is 0 Å². The van der Waals surface area contributed by atoms with Gasteiger partial charge in [-0.05, 0) is 30.9 Å². The Morgan fingerprint density at radius 2 is 1.92 bits per heavy atom. The maximum absolute atomic E-state index is 11.5. The third-order valence-corrected chi connectivity index (χ3v) is 5.47. The lowest BCUT2D eigenvalue weighted by atomic mass is 9.94. The molecule has 2 rings (SSSR count). The van der Waals surface area contributed by atoms with Crippen LogP contribution in [0.4, 0.5) is 0 Å². The molecule has 1 aromatic heterocycles. The first kappa shape index (κ1) is 21.6. The van der Waals surface area contributed by atoms with Crippen LogP contribution in [0.5, 0.6) is 0 Å². The highest BCUT2D eigenvalue weighted by Gasteiger charge is 2.27.